The molecule has 0 spiro atoms. The van der Waals surface area contributed by atoms with Gasteiger partial charge < -0.3 is 15.2 Å². The number of hydrogen-bond acceptors (Lipinski definition) is 4. The molecule has 0 amide bonds. The summed E-state index contributed by atoms with van der Waals surface area (Å²) in [4.78, 5) is 14.9. The minimum Gasteiger partial charge on any atom is -0.478 e. The number of ether oxygens (including phenoxy) is 1. The fourth-order valence-corrected chi connectivity index (χ4v) is 2.27. The van der Waals surface area contributed by atoms with Gasteiger partial charge in [0.15, 0.2) is 0 Å². The second-order valence-electron chi connectivity index (χ2n) is 4.61. The lowest BCUT2D eigenvalue weighted by Crippen LogP contribution is -2.31. The number of rotatable bonds is 4. The first kappa shape index (κ1) is 12.8. The van der Waals surface area contributed by atoms with Crippen molar-refractivity contribution in [3.05, 3.63) is 24.0 Å². The zero-order valence-electron chi connectivity index (χ0n) is 10.4. The third-order valence-electron chi connectivity index (χ3n) is 3.41. The SMILES string of the molecule is CC(Nc1ccncc1C(=O)O)C1CCOCC1. The number of carbonyl (C=O) groups is 1. The summed E-state index contributed by atoms with van der Waals surface area (Å²) in [6, 6.07) is 1.94. The Hall–Kier alpha value is -1.62. The fourth-order valence-electron chi connectivity index (χ4n) is 2.27. The fraction of sp³-hybridized carbons (Fsp3) is 0.538. The molecule has 2 rings (SSSR count). The summed E-state index contributed by atoms with van der Waals surface area (Å²) in [7, 11) is 0. The van der Waals surface area contributed by atoms with Gasteiger partial charge in [-0.15, -0.1) is 0 Å². The number of nitrogens with one attached hydrogen (secondary N) is 1. The Bertz CT molecular complexity index is 416. The molecule has 5 heteroatoms. The molecule has 0 saturated carbocycles. The van der Waals surface area contributed by atoms with Crippen molar-refractivity contribution in [2.75, 3.05) is 18.5 Å². The number of pyridine rings is 1. The molecule has 1 aliphatic rings. The monoisotopic (exact) mass is 250 g/mol. The van der Waals surface area contributed by atoms with E-state index in [1.54, 1.807) is 12.3 Å². The summed E-state index contributed by atoms with van der Waals surface area (Å²) < 4.78 is 5.33. The molecular weight excluding hydrogens is 232 g/mol. The van der Waals surface area contributed by atoms with Crippen molar-refractivity contribution in [3.63, 3.8) is 0 Å². The molecule has 1 aromatic rings. The summed E-state index contributed by atoms with van der Waals surface area (Å²) in [6.45, 7) is 3.67. The van der Waals surface area contributed by atoms with E-state index in [0.29, 0.717) is 11.6 Å². The summed E-state index contributed by atoms with van der Waals surface area (Å²) in [6.07, 6.45) is 5.01. The van der Waals surface area contributed by atoms with Gasteiger partial charge >= 0.3 is 5.97 Å². The molecule has 2 heterocycles. The van der Waals surface area contributed by atoms with Gasteiger partial charge in [0.05, 0.1) is 5.69 Å². The normalized spacial score (nSPS) is 18.3. The minimum absolute atomic E-state index is 0.219. The average Bonchev–Trinajstić information content (AvgIpc) is 2.40. The van der Waals surface area contributed by atoms with Crippen molar-refractivity contribution in [1.29, 1.82) is 0 Å². The third kappa shape index (κ3) is 2.98. The minimum atomic E-state index is -0.954. The van der Waals surface area contributed by atoms with Crippen molar-refractivity contribution >= 4 is 11.7 Å². The standard InChI is InChI=1S/C13H18N2O3/c1-9(10-3-6-18-7-4-10)15-12-2-5-14-8-11(12)13(16)17/h2,5,8-10H,3-4,6-7H2,1H3,(H,14,15)(H,16,17). The summed E-state index contributed by atoms with van der Waals surface area (Å²) in [5.41, 5.74) is 0.855. The Morgan fingerprint density at radius 1 is 1.56 bits per heavy atom. The maximum absolute atomic E-state index is 11.1. The predicted octanol–water partition coefficient (Wildman–Crippen LogP) is 2.01. The molecular formula is C13H18N2O3. The summed E-state index contributed by atoms with van der Waals surface area (Å²) >= 11 is 0. The Morgan fingerprint density at radius 3 is 2.94 bits per heavy atom. The highest BCUT2D eigenvalue weighted by Crippen LogP contribution is 2.23. The maximum atomic E-state index is 11.1. The Labute approximate surface area is 106 Å². The molecule has 0 radical (unpaired) electrons. The Morgan fingerprint density at radius 2 is 2.28 bits per heavy atom. The van der Waals surface area contributed by atoms with Crippen LogP contribution in [0.3, 0.4) is 0 Å². The highest BCUT2D eigenvalue weighted by molar-refractivity contribution is 5.93. The highest BCUT2D eigenvalue weighted by atomic mass is 16.5. The Kier molecular flexibility index (Phi) is 4.15. The molecule has 1 atom stereocenters. The molecule has 1 aliphatic heterocycles. The first-order valence-corrected chi connectivity index (χ1v) is 6.20. The van der Waals surface area contributed by atoms with E-state index in [2.05, 4.69) is 17.2 Å². The van der Waals surface area contributed by atoms with E-state index in [0.717, 1.165) is 26.1 Å². The number of nitrogens with zero attached hydrogens (tertiary/aromatic N) is 1. The highest BCUT2D eigenvalue weighted by Gasteiger charge is 2.21. The van der Waals surface area contributed by atoms with Gasteiger partial charge in [-0.1, -0.05) is 0 Å². The van der Waals surface area contributed by atoms with E-state index in [4.69, 9.17) is 9.84 Å². The summed E-state index contributed by atoms with van der Waals surface area (Å²) in [5.74, 6) is -0.432. The molecule has 1 saturated heterocycles. The van der Waals surface area contributed by atoms with Crippen LogP contribution in [-0.2, 0) is 4.74 Å². The quantitative estimate of drug-likeness (QED) is 0.855. The van der Waals surface area contributed by atoms with Crippen LogP contribution in [0.15, 0.2) is 18.5 Å². The molecule has 5 nitrogen and oxygen atoms in total. The van der Waals surface area contributed by atoms with E-state index in [1.165, 1.54) is 6.20 Å². The van der Waals surface area contributed by atoms with Gasteiger partial charge in [0, 0.05) is 31.6 Å². The van der Waals surface area contributed by atoms with Gasteiger partial charge in [-0.3, -0.25) is 4.98 Å². The van der Waals surface area contributed by atoms with Gasteiger partial charge in [-0.2, -0.15) is 0 Å². The molecule has 2 N–H and O–H groups in total. The number of anilines is 1. The third-order valence-corrected chi connectivity index (χ3v) is 3.41. The zero-order chi connectivity index (χ0) is 13.0. The van der Waals surface area contributed by atoms with Crippen LogP contribution in [0.5, 0.6) is 0 Å². The lowest BCUT2D eigenvalue weighted by molar-refractivity contribution is 0.0621. The second-order valence-corrected chi connectivity index (χ2v) is 4.61. The lowest BCUT2D eigenvalue weighted by Gasteiger charge is -2.29. The number of carboxylic acid groups (broad SMARTS) is 1. The van der Waals surface area contributed by atoms with Crippen LogP contribution in [0.1, 0.15) is 30.1 Å². The zero-order valence-corrected chi connectivity index (χ0v) is 10.4. The number of carboxylic acids is 1. The number of aromatic nitrogens is 1. The van der Waals surface area contributed by atoms with Crippen LogP contribution in [0.25, 0.3) is 0 Å². The van der Waals surface area contributed by atoms with Gasteiger partial charge in [0.1, 0.15) is 5.56 Å². The van der Waals surface area contributed by atoms with Crippen LogP contribution in [-0.4, -0.2) is 35.3 Å². The van der Waals surface area contributed by atoms with Crippen LogP contribution < -0.4 is 5.32 Å². The molecule has 0 aliphatic carbocycles. The molecule has 1 aromatic heterocycles. The molecule has 0 bridgehead atoms. The first-order chi connectivity index (χ1) is 8.68. The van der Waals surface area contributed by atoms with E-state index >= 15 is 0 Å². The number of hydrogen-bond donors (Lipinski definition) is 2. The maximum Gasteiger partial charge on any atom is 0.339 e. The number of aromatic carboxylic acids is 1. The first-order valence-electron chi connectivity index (χ1n) is 6.20. The van der Waals surface area contributed by atoms with Crippen molar-refractivity contribution in [2.45, 2.75) is 25.8 Å². The van der Waals surface area contributed by atoms with Gasteiger partial charge in [-0.25, -0.2) is 4.79 Å². The van der Waals surface area contributed by atoms with Crippen LogP contribution in [0.4, 0.5) is 5.69 Å². The molecule has 18 heavy (non-hydrogen) atoms. The van der Waals surface area contributed by atoms with Crippen molar-refractivity contribution < 1.29 is 14.6 Å². The molecule has 1 unspecified atom stereocenters. The Balaban J connectivity index is 2.06. The van der Waals surface area contributed by atoms with E-state index in [1.807, 2.05) is 0 Å². The van der Waals surface area contributed by atoms with Crippen molar-refractivity contribution in [3.8, 4) is 0 Å². The molecule has 1 fully saturated rings. The predicted molar refractivity (Wildman–Crippen MR) is 67.8 cm³/mol. The van der Waals surface area contributed by atoms with Gasteiger partial charge in [-0.05, 0) is 31.7 Å². The molecule has 0 aromatic carbocycles. The second kappa shape index (κ2) is 5.82. The lowest BCUT2D eigenvalue weighted by atomic mass is 9.92. The van der Waals surface area contributed by atoms with Crippen molar-refractivity contribution in [1.82, 2.24) is 4.98 Å². The molecule has 98 valence electrons. The van der Waals surface area contributed by atoms with E-state index in [9.17, 15) is 4.79 Å². The van der Waals surface area contributed by atoms with Gasteiger partial charge in [0.25, 0.3) is 0 Å². The van der Waals surface area contributed by atoms with Crippen LogP contribution in [0.2, 0.25) is 0 Å². The van der Waals surface area contributed by atoms with Gasteiger partial charge in [0.2, 0.25) is 0 Å². The average molecular weight is 250 g/mol. The topological polar surface area (TPSA) is 71.5 Å². The van der Waals surface area contributed by atoms with Crippen molar-refractivity contribution in [2.24, 2.45) is 5.92 Å². The van der Waals surface area contributed by atoms with E-state index in [-0.39, 0.29) is 11.6 Å². The van der Waals surface area contributed by atoms with E-state index < -0.39 is 5.97 Å². The largest absolute Gasteiger partial charge is 0.478 e. The summed E-state index contributed by atoms with van der Waals surface area (Å²) in [5, 5.41) is 12.4. The smallest absolute Gasteiger partial charge is 0.339 e. The van der Waals surface area contributed by atoms with Crippen LogP contribution in [0, 0.1) is 5.92 Å². The van der Waals surface area contributed by atoms with Crippen LogP contribution >= 0.6 is 0 Å².